The van der Waals surface area contributed by atoms with Crippen LogP contribution in [-0.2, 0) is 0 Å². The molecule has 1 nitrogen and oxygen atoms in total. The molecule has 0 aromatic heterocycles. The molecule has 0 heterocycles. The SMILES string of the molecule is C=CCCCNC1CC2CCC1C2. The van der Waals surface area contributed by atoms with Crippen LogP contribution in [0.3, 0.4) is 0 Å². The van der Waals surface area contributed by atoms with Crippen LogP contribution >= 0.6 is 0 Å². The Kier molecular flexibility index (Phi) is 3.05. The van der Waals surface area contributed by atoms with Gasteiger partial charge in [-0.3, -0.25) is 0 Å². The van der Waals surface area contributed by atoms with Gasteiger partial charge >= 0.3 is 0 Å². The highest BCUT2D eigenvalue weighted by Crippen LogP contribution is 2.44. The van der Waals surface area contributed by atoms with Crippen LogP contribution in [0.4, 0.5) is 0 Å². The standard InChI is InChI=1S/C12H21N/c1-2-3-4-7-13-12-9-10-5-6-11(12)8-10/h2,10-13H,1,3-9H2. The molecule has 2 rings (SSSR count). The largest absolute Gasteiger partial charge is 0.314 e. The van der Waals surface area contributed by atoms with Crippen LogP contribution in [0.15, 0.2) is 12.7 Å². The Labute approximate surface area is 81.6 Å². The molecule has 2 bridgehead atoms. The molecule has 0 amide bonds. The summed E-state index contributed by atoms with van der Waals surface area (Å²) in [7, 11) is 0. The second kappa shape index (κ2) is 4.28. The summed E-state index contributed by atoms with van der Waals surface area (Å²) in [6.07, 6.45) is 10.4. The van der Waals surface area contributed by atoms with Crippen molar-refractivity contribution >= 4 is 0 Å². The Balaban J connectivity index is 1.63. The molecular weight excluding hydrogens is 158 g/mol. The van der Waals surface area contributed by atoms with Gasteiger partial charge in [0.25, 0.3) is 0 Å². The Morgan fingerprint density at radius 3 is 2.85 bits per heavy atom. The highest BCUT2D eigenvalue weighted by atomic mass is 14.9. The minimum absolute atomic E-state index is 0.864. The second-order valence-corrected chi connectivity index (χ2v) is 4.67. The Hall–Kier alpha value is -0.300. The van der Waals surface area contributed by atoms with E-state index < -0.39 is 0 Å². The molecule has 1 heteroatoms. The normalized spacial score (nSPS) is 36.8. The summed E-state index contributed by atoms with van der Waals surface area (Å²) in [5.74, 6) is 2.09. The van der Waals surface area contributed by atoms with E-state index in [-0.39, 0.29) is 0 Å². The van der Waals surface area contributed by atoms with E-state index in [0.29, 0.717) is 0 Å². The third-order valence-corrected chi connectivity index (χ3v) is 3.73. The third-order valence-electron chi connectivity index (χ3n) is 3.73. The summed E-state index contributed by atoms with van der Waals surface area (Å²) in [6, 6.07) is 0.864. The fourth-order valence-corrected chi connectivity index (χ4v) is 3.03. The topological polar surface area (TPSA) is 12.0 Å². The number of nitrogens with one attached hydrogen (secondary N) is 1. The van der Waals surface area contributed by atoms with Gasteiger partial charge in [-0.25, -0.2) is 0 Å². The van der Waals surface area contributed by atoms with Crippen LogP contribution in [0, 0.1) is 11.8 Å². The molecule has 0 spiro atoms. The molecule has 2 fully saturated rings. The van der Waals surface area contributed by atoms with Crippen molar-refractivity contribution in [2.75, 3.05) is 6.54 Å². The smallest absolute Gasteiger partial charge is 0.00980 e. The van der Waals surface area contributed by atoms with E-state index in [1.54, 1.807) is 0 Å². The lowest BCUT2D eigenvalue weighted by atomic mass is 9.95. The average molecular weight is 179 g/mol. The lowest BCUT2D eigenvalue weighted by Gasteiger charge is -2.22. The molecule has 13 heavy (non-hydrogen) atoms. The van der Waals surface area contributed by atoms with Gasteiger partial charge in [0.2, 0.25) is 0 Å². The molecule has 0 radical (unpaired) electrons. The molecule has 1 N–H and O–H groups in total. The van der Waals surface area contributed by atoms with Gasteiger partial charge in [-0.2, -0.15) is 0 Å². The second-order valence-electron chi connectivity index (χ2n) is 4.67. The predicted molar refractivity (Wildman–Crippen MR) is 56.7 cm³/mol. The van der Waals surface area contributed by atoms with Crippen molar-refractivity contribution in [2.45, 2.75) is 44.6 Å². The highest BCUT2D eigenvalue weighted by Gasteiger charge is 2.38. The van der Waals surface area contributed by atoms with Crippen LogP contribution in [0.2, 0.25) is 0 Å². The van der Waals surface area contributed by atoms with Crippen LogP contribution in [0.5, 0.6) is 0 Å². The van der Waals surface area contributed by atoms with Gasteiger partial charge in [0, 0.05) is 6.04 Å². The summed E-state index contributed by atoms with van der Waals surface area (Å²) >= 11 is 0. The summed E-state index contributed by atoms with van der Waals surface area (Å²) in [5.41, 5.74) is 0. The van der Waals surface area contributed by atoms with Gasteiger partial charge in [0.15, 0.2) is 0 Å². The number of fused-ring (bicyclic) bond motifs is 2. The maximum atomic E-state index is 3.74. The van der Waals surface area contributed by atoms with Crippen molar-refractivity contribution in [1.82, 2.24) is 5.32 Å². The van der Waals surface area contributed by atoms with E-state index in [2.05, 4.69) is 11.9 Å². The zero-order valence-electron chi connectivity index (χ0n) is 8.47. The van der Waals surface area contributed by atoms with Crippen molar-refractivity contribution in [3.05, 3.63) is 12.7 Å². The maximum Gasteiger partial charge on any atom is 0.00980 e. The van der Waals surface area contributed by atoms with Crippen LogP contribution in [-0.4, -0.2) is 12.6 Å². The molecule has 0 saturated heterocycles. The summed E-state index contributed by atoms with van der Waals surface area (Å²) in [5, 5.41) is 3.70. The van der Waals surface area contributed by atoms with Gasteiger partial charge in [-0.15, -0.1) is 6.58 Å². The summed E-state index contributed by atoms with van der Waals surface area (Å²) in [4.78, 5) is 0. The monoisotopic (exact) mass is 179 g/mol. The predicted octanol–water partition coefficient (Wildman–Crippen LogP) is 2.73. The number of hydrogen-bond donors (Lipinski definition) is 1. The van der Waals surface area contributed by atoms with Crippen molar-refractivity contribution in [3.63, 3.8) is 0 Å². The van der Waals surface area contributed by atoms with Gasteiger partial charge in [-0.1, -0.05) is 12.5 Å². The summed E-state index contributed by atoms with van der Waals surface area (Å²) in [6.45, 7) is 4.93. The molecule has 0 aromatic rings. The molecular formula is C12H21N. The lowest BCUT2D eigenvalue weighted by molar-refractivity contribution is 0.351. The fraction of sp³-hybridized carbons (Fsp3) is 0.833. The number of allylic oxidation sites excluding steroid dienone is 1. The van der Waals surface area contributed by atoms with Crippen molar-refractivity contribution in [2.24, 2.45) is 11.8 Å². The number of rotatable bonds is 5. The molecule has 0 aromatic carbocycles. The first-order valence-electron chi connectivity index (χ1n) is 5.74. The number of unbranched alkanes of at least 4 members (excludes halogenated alkanes) is 1. The minimum atomic E-state index is 0.864. The van der Waals surface area contributed by atoms with E-state index in [1.807, 2.05) is 6.08 Å². The first-order valence-corrected chi connectivity index (χ1v) is 5.74. The van der Waals surface area contributed by atoms with Gasteiger partial charge < -0.3 is 5.32 Å². The first-order chi connectivity index (χ1) is 6.40. The number of hydrogen-bond acceptors (Lipinski definition) is 1. The fourth-order valence-electron chi connectivity index (χ4n) is 3.03. The Morgan fingerprint density at radius 2 is 2.23 bits per heavy atom. The Bertz CT molecular complexity index is 176. The van der Waals surface area contributed by atoms with Gasteiger partial charge in [0.1, 0.15) is 0 Å². The van der Waals surface area contributed by atoms with Crippen molar-refractivity contribution in [1.29, 1.82) is 0 Å². The molecule has 3 atom stereocenters. The van der Waals surface area contributed by atoms with E-state index in [0.717, 1.165) is 24.3 Å². The molecule has 0 aliphatic heterocycles. The zero-order valence-corrected chi connectivity index (χ0v) is 8.47. The Morgan fingerprint density at radius 1 is 1.31 bits per heavy atom. The van der Waals surface area contributed by atoms with Crippen LogP contribution in [0.1, 0.15) is 38.5 Å². The van der Waals surface area contributed by atoms with Gasteiger partial charge in [-0.05, 0) is 50.5 Å². The first kappa shape index (κ1) is 9.26. The third kappa shape index (κ3) is 2.14. The van der Waals surface area contributed by atoms with E-state index in [1.165, 1.54) is 38.6 Å². The van der Waals surface area contributed by atoms with Gasteiger partial charge in [0.05, 0.1) is 0 Å². The van der Waals surface area contributed by atoms with Crippen molar-refractivity contribution in [3.8, 4) is 0 Å². The molecule has 2 aliphatic carbocycles. The van der Waals surface area contributed by atoms with Crippen LogP contribution < -0.4 is 5.32 Å². The molecule has 2 saturated carbocycles. The molecule has 74 valence electrons. The minimum Gasteiger partial charge on any atom is -0.314 e. The average Bonchev–Trinajstić information content (AvgIpc) is 2.73. The summed E-state index contributed by atoms with van der Waals surface area (Å²) < 4.78 is 0. The highest BCUT2D eigenvalue weighted by molar-refractivity contribution is 4.93. The van der Waals surface area contributed by atoms with E-state index in [4.69, 9.17) is 0 Å². The quantitative estimate of drug-likeness (QED) is 0.505. The van der Waals surface area contributed by atoms with Crippen molar-refractivity contribution < 1.29 is 0 Å². The molecule has 2 aliphatic rings. The van der Waals surface area contributed by atoms with E-state index >= 15 is 0 Å². The van der Waals surface area contributed by atoms with Crippen LogP contribution in [0.25, 0.3) is 0 Å². The van der Waals surface area contributed by atoms with E-state index in [9.17, 15) is 0 Å². The lowest BCUT2D eigenvalue weighted by Crippen LogP contribution is -2.34. The maximum absolute atomic E-state index is 3.74. The zero-order chi connectivity index (χ0) is 9.10. The molecule has 3 unspecified atom stereocenters.